The van der Waals surface area contributed by atoms with Crippen molar-refractivity contribution in [1.29, 1.82) is 0 Å². The summed E-state index contributed by atoms with van der Waals surface area (Å²) >= 11 is 0. The topological polar surface area (TPSA) is 319 Å². The van der Waals surface area contributed by atoms with Gasteiger partial charge in [-0.05, 0) is 68.7 Å². The normalized spacial score (nSPS) is 31.4. The molecule has 23 heteroatoms. The predicted molar refractivity (Wildman–Crippen MR) is 254 cm³/mol. The Morgan fingerprint density at radius 2 is 1.66 bits per heavy atom. The number of carbonyl (C=O) groups excluding carboxylic acids is 2. The van der Waals surface area contributed by atoms with Gasteiger partial charge < -0.3 is 68.9 Å². The van der Waals surface area contributed by atoms with Gasteiger partial charge in [-0.1, -0.05) is 62.4 Å². The number of nitro groups is 1. The van der Waals surface area contributed by atoms with E-state index in [1.807, 2.05) is 16.8 Å². The monoisotopic (exact) mass is 1020 g/mol. The van der Waals surface area contributed by atoms with Gasteiger partial charge in [-0.25, -0.2) is 9.59 Å². The number of nitrogens with one attached hydrogen (secondary N) is 1. The van der Waals surface area contributed by atoms with Crippen molar-refractivity contribution in [2.45, 2.75) is 171 Å². The van der Waals surface area contributed by atoms with Crippen molar-refractivity contribution in [3.05, 3.63) is 88.4 Å². The van der Waals surface area contributed by atoms with Crippen LogP contribution in [0.25, 0.3) is 10.9 Å². The molecule has 23 nitrogen and oxygen atoms in total. The van der Waals surface area contributed by atoms with Gasteiger partial charge >= 0.3 is 11.9 Å². The fourth-order valence-corrected chi connectivity index (χ4v) is 10.6. The van der Waals surface area contributed by atoms with Crippen LogP contribution in [0.5, 0.6) is 0 Å². The first-order valence-corrected chi connectivity index (χ1v) is 25.1. The molecule has 398 valence electrons. The van der Waals surface area contributed by atoms with E-state index in [-0.39, 0.29) is 48.9 Å². The average Bonchev–Trinajstić information content (AvgIpc) is 4.03. The summed E-state index contributed by atoms with van der Waals surface area (Å²) < 4.78 is 41.1. The van der Waals surface area contributed by atoms with E-state index in [4.69, 9.17) is 28.4 Å². The molecule has 4 fully saturated rings. The van der Waals surface area contributed by atoms with Crippen LogP contribution < -0.4 is 5.32 Å². The summed E-state index contributed by atoms with van der Waals surface area (Å²) in [5.74, 6) is -3.85. The largest absolute Gasteiger partial charge is 0.479 e. The smallest absolute Gasteiger partial charge is 0.338 e. The number of aliphatic hydroxyl groups excluding tert-OH is 5. The van der Waals surface area contributed by atoms with Gasteiger partial charge in [0, 0.05) is 48.2 Å². The second kappa shape index (κ2) is 24.3. The Bertz CT molecular complexity index is 2490. The number of carboxylic acid groups (broad SMARTS) is 1. The minimum atomic E-state index is -1.71. The first-order valence-electron chi connectivity index (χ1n) is 25.1. The van der Waals surface area contributed by atoms with Crippen molar-refractivity contribution < 1.29 is 78.4 Å². The van der Waals surface area contributed by atoms with Crippen LogP contribution in [-0.4, -0.2) is 159 Å². The molecule has 2 aromatic heterocycles. The van der Waals surface area contributed by atoms with Crippen LogP contribution in [0, 0.1) is 27.9 Å². The zero-order chi connectivity index (χ0) is 51.9. The molecule has 1 amide bonds. The summed E-state index contributed by atoms with van der Waals surface area (Å²) in [5, 5.41) is 88.3. The number of hydrogen-bond acceptors (Lipinski definition) is 18. The number of benzene rings is 2. The van der Waals surface area contributed by atoms with Gasteiger partial charge in [0.2, 0.25) is 5.91 Å². The van der Waals surface area contributed by atoms with Crippen molar-refractivity contribution in [1.82, 2.24) is 24.9 Å². The lowest BCUT2D eigenvalue weighted by Crippen LogP contribution is -2.64. The molecule has 2 aliphatic heterocycles. The summed E-state index contributed by atoms with van der Waals surface area (Å²) in [6.07, 6.45) is -10.0. The number of non-ortho nitro benzene ring substituents is 1. The minimum Gasteiger partial charge on any atom is -0.479 e. The Hall–Kier alpha value is -5.47. The fourth-order valence-electron chi connectivity index (χ4n) is 10.6. The summed E-state index contributed by atoms with van der Waals surface area (Å²) in [4.78, 5) is 51.6. The van der Waals surface area contributed by atoms with E-state index in [1.165, 1.54) is 31.2 Å². The molecule has 4 aromatic rings. The van der Waals surface area contributed by atoms with Gasteiger partial charge in [-0.3, -0.25) is 19.6 Å². The molecule has 2 aliphatic carbocycles. The first-order chi connectivity index (χ1) is 35.1. The number of esters is 1. The van der Waals surface area contributed by atoms with E-state index in [9.17, 15) is 55.1 Å². The molecule has 4 heterocycles. The van der Waals surface area contributed by atoms with E-state index < -0.39 is 115 Å². The number of nitro benzene ring substituents is 1. The standard InChI is InChI=1S/C50H66N6O17/c1-27-20-32(46(62)51-24-33-25-55(53-52-33)18-9-17-54-19-16-31-22-34(56(66)67)14-15-35(31)54)23-36(43(27)73-49-42(61)41(60)39(58)28(2)68-49)70-50-45(72-48(65)30-12-7-4-8-13-30)44(40(59)38(26-57)71-50)69-37(47(63)64)21-29-10-5-3-6-11-29/h4,7-8,12-16,19,22,25,27-29,32,36-45,49-50,57-61H,3,5-6,9-11,17-18,20-21,23-24,26H2,1-2H3,(H,51,62)(H,63,64)/t27?,28?,32?,36-,37+,38?,39?,40?,41?,42?,43?,44?,45?,49?,50?/m1/s1. The molecule has 13 unspecified atom stereocenters. The van der Waals surface area contributed by atoms with Crippen molar-refractivity contribution in [2.24, 2.45) is 17.8 Å². The lowest BCUT2D eigenvalue weighted by Gasteiger charge is -2.48. The predicted octanol–water partition coefficient (Wildman–Crippen LogP) is 2.60. The van der Waals surface area contributed by atoms with Crippen molar-refractivity contribution >= 4 is 34.4 Å². The molecular weight excluding hydrogens is 957 g/mol. The highest BCUT2D eigenvalue weighted by atomic mass is 16.7. The Kier molecular flexibility index (Phi) is 17.9. The van der Waals surface area contributed by atoms with E-state index in [1.54, 1.807) is 42.1 Å². The lowest BCUT2D eigenvalue weighted by atomic mass is 9.77. The summed E-state index contributed by atoms with van der Waals surface area (Å²) in [6.45, 7) is 3.61. The molecule has 0 bridgehead atoms. The molecule has 73 heavy (non-hydrogen) atoms. The SMILES string of the molecule is CC1CC(C(=O)NCc2cn(CCCn3ccc4cc([N+](=O)[O-])ccc43)nn2)C[C@@H](OC2OC(CO)C(O)C(O[C@@H](CC3CCCCC3)C(=O)O)C2OC(=O)c2ccccc2)C1OC1OC(C)C(O)C(O)C1O. The van der Waals surface area contributed by atoms with Gasteiger partial charge in [-0.2, -0.15) is 0 Å². The molecule has 8 rings (SSSR count). The third-order valence-corrected chi connectivity index (χ3v) is 14.6. The number of ether oxygens (including phenoxy) is 6. The molecule has 0 spiro atoms. The summed E-state index contributed by atoms with van der Waals surface area (Å²) in [7, 11) is 0. The fraction of sp³-hybridized carbons (Fsp3) is 0.620. The van der Waals surface area contributed by atoms with Gasteiger partial charge in [-0.15, -0.1) is 5.10 Å². The highest BCUT2D eigenvalue weighted by Crippen LogP contribution is 2.39. The zero-order valence-electron chi connectivity index (χ0n) is 40.7. The molecule has 2 aromatic carbocycles. The molecule has 2 saturated carbocycles. The van der Waals surface area contributed by atoms with Crippen LogP contribution >= 0.6 is 0 Å². The second-order valence-electron chi connectivity index (χ2n) is 19.8. The van der Waals surface area contributed by atoms with Crippen LogP contribution in [0.2, 0.25) is 0 Å². The number of hydrogen-bond donors (Lipinski definition) is 7. The summed E-state index contributed by atoms with van der Waals surface area (Å²) in [6, 6.07) is 14.5. The quantitative estimate of drug-likeness (QED) is 0.0380. The molecule has 15 atom stereocenters. The van der Waals surface area contributed by atoms with E-state index in [2.05, 4.69) is 15.6 Å². The van der Waals surface area contributed by atoms with Crippen molar-refractivity contribution in [3.63, 3.8) is 0 Å². The van der Waals surface area contributed by atoms with Crippen LogP contribution in [0.1, 0.15) is 87.7 Å². The van der Waals surface area contributed by atoms with Gasteiger partial charge in [0.25, 0.3) is 5.69 Å². The maximum atomic E-state index is 14.1. The number of fused-ring (bicyclic) bond motifs is 1. The number of amides is 1. The van der Waals surface area contributed by atoms with E-state index >= 15 is 0 Å². The van der Waals surface area contributed by atoms with Crippen LogP contribution in [0.3, 0.4) is 0 Å². The lowest BCUT2D eigenvalue weighted by molar-refractivity contribution is -0.384. The first kappa shape index (κ1) is 53.8. The number of carbonyl (C=O) groups is 3. The van der Waals surface area contributed by atoms with Crippen molar-refractivity contribution in [3.8, 4) is 0 Å². The number of aliphatic hydroxyl groups is 5. The number of rotatable bonds is 20. The van der Waals surface area contributed by atoms with Gasteiger partial charge in [0.1, 0.15) is 42.3 Å². The Labute approximate surface area is 420 Å². The number of aryl methyl sites for hydroxylation is 2. The van der Waals surface area contributed by atoms with E-state index in [0.717, 1.165) is 43.0 Å². The molecular formula is C50H66N6O17. The third kappa shape index (κ3) is 12.9. The Balaban J connectivity index is 1.00. The molecule has 2 saturated heterocycles. The Morgan fingerprint density at radius 1 is 0.890 bits per heavy atom. The minimum absolute atomic E-state index is 0.0142. The zero-order valence-corrected chi connectivity index (χ0v) is 40.7. The van der Waals surface area contributed by atoms with Crippen molar-refractivity contribution in [2.75, 3.05) is 6.61 Å². The number of aromatic nitrogens is 4. The summed E-state index contributed by atoms with van der Waals surface area (Å²) in [5.41, 5.74) is 1.47. The molecule has 4 aliphatic rings. The number of aliphatic carboxylic acids is 1. The highest BCUT2D eigenvalue weighted by Gasteiger charge is 2.54. The highest BCUT2D eigenvalue weighted by molar-refractivity contribution is 5.89. The number of carboxylic acids is 1. The van der Waals surface area contributed by atoms with Gasteiger partial charge in [0.15, 0.2) is 24.8 Å². The maximum Gasteiger partial charge on any atom is 0.338 e. The van der Waals surface area contributed by atoms with Gasteiger partial charge in [0.05, 0.1) is 48.1 Å². The van der Waals surface area contributed by atoms with E-state index in [0.29, 0.717) is 25.2 Å². The third-order valence-electron chi connectivity index (χ3n) is 14.6. The molecule has 0 radical (unpaired) electrons. The van der Waals surface area contributed by atoms with Crippen LogP contribution in [-0.2, 0) is 57.6 Å². The Morgan fingerprint density at radius 3 is 2.38 bits per heavy atom. The number of nitrogens with zero attached hydrogens (tertiary/aromatic N) is 5. The second-order valence-corrected chi connectivity index (χ2v) is 19.8. The van der Waals surface area contributed by atoms with Crippen LogP contribution in [0.4, 0.5) is 5.69 Å². The molecule has 7 N–H and O–H groups in total. The average molecular weight is 1020 g/mol. The van der Waals surface area contributed by atoms with Crippen LogP contribution in [0.15, 0.2) is 67.0 Å². The maximum absolute atomic E-state index is 14.1.